The van der Waals surface area contributed by atoms with Crippen LogP contribution in [0.1, 0.15) is 24.1 Å². The van der Waals surface area contributed by atoms with Crippen LogP contribution in [0.15, 0.2) is 47.2 Å². The molecule has 1 unspecified atom stereocenters. The molecule has 0 radical (unpaired) electrons. The fraction of sp³-hybridized carbons (Fsp3) is 0.312. The van der Waals surface area contributed by atoms with E-state index < -0.39 is 0 Å². The molecule has 1 aromatic carbocycles. The summed E-state index contributed by atoms with van der Waals surface area (Å²) in [5, 5.41) is 3.34. The van der Waals surface area contributed by atoms with Crippen molar-refractivity contribution in [2.75, 3.05) is 13.7 Å². The Morgan fingerprint density at radius 2 is 2.00 bits per heavy atom. The van der Waals surface area contributed by atoms with Gasteiger partial charge in [0.05, 0.1) is 12.8 Å². The molecule has 0 spiro atoms. The van der Waals surface area contributed by atoms with Crippen molar-refractivity contribution in [3.63, 3.8) is 0 Å². The van der Waals surface area contributed by atoms with Crippen molar-refractivity contribution in [2.24, 2.45) is 0 Å². The van der Waals surface area contributed by atoms with Gasteiger partial charge in [0.1, 0.15) is 5.75 Å². The number of ether oxygens (including phenoxy) is 1. The van der Waals surface area contributed by atoms with Crippen molar-refractivity contribution in [3.8, 4) is 5.75 Å². The third-order valence-electron chi connectivity index (χ3n) is 3.15. The lowest BCUT2D eigenvalue weighted by Crippen LogP contribution is -2.19. The Labute approximate surface area is 128 Å². The van der Waals surface area contributed by atoms with E-state index in [4.69, 9.17) is 4.74 Å². The Bertz CT molecular complexity index is 542. The lowest BCUT2D eigenvalue weighted by Gasteiger charge is -2.17. The maximum Gasteiger partial charge on any atom is 0.137 e. The number of nitrogens with one attached hydrogen (secondary N) is 1. The lowest BCUT2D eigenvalue weighted by atomic mass is 10.0. The summed E-state index contributed by atoms with van der Waals surface area (Å²) in [6.45, 7) is 2.63. The monoisotopic (exact) mass is 334 g/mol. The summed E-state index contributed by atoms with van der Waals surface area (Å²) in [5.74, 6) is 0.820. The van der Waals surface area contributed by atoms with Crippen molar-refractivity contribution in [3.05, 3.63) is 58.3 Å². The molecular weight excluding hydrogens is 316 g/mol. The molecule has 0 saturated carbocycles. The highest BCUT2D eigenvalue weighted by Gasteiger charge is 2.11. The van der Waals surface area contributed by atoms with E-state index in [-0.39, 0.29) is 6.04 Å². The van der Waals surface area contributed by atoms with Gasteiger partial charge in [0.15, 0.2) is 0 Å². The van der Waals surface area contributed by atoms with Crippen LogP contribution in [0.5, 0.6) is 5.75 Å². The number of hydrogen-bond acceptors (Lipinski definition) is 3. The van der Waals surface area contributed by atoms with E-state index in [1.54, 1.807) is 6.20 Å². The quantitative estimate of drug-likeness (QED) is 0.873. The normalized spacial score (nSPS) is 12.2. The molecule has 0 aliphatic carbocycles. The van der Waals surface area contributed by atoms with Crippen molar-refractivity contribution in [1.29, 1.82) is 0 Å². The molecule has 0 fully saturated rings. The first kappa shape index (κ1) is 15.0. The van der Waals surface area contributed by atoms with E-state index in [1.807, 2.05) is 20.2 Å². The Balaban J connectivity index is 2.15. The van der Waals surface area contributed by atoms with Crippen molar-refractivity contribution >= 4 is 15.9 Å². The topological polar surface area (TPSA) is 34.1 Å². The standard InChI is InChI=1S/C16H19BrN2O/c1-3-20-15-9-13(10-19-11-15)16(18-2)8-12-4-6-14(17)7-5-12/h4-7,9-11,16,18H,3,8H2,1-2H3. The maximum absolute atomic E-state index is 5.51. The zero-order chi connectivity index (χ0) is 14.4. The molecule has 20 heavy (non-hydrogen) atoms. The Kier molecular flexibility index (Phi) is 5.56. The molecule has 2 aromatic rings. The molecule has 0 bridgehead atoms. The average Bonchev–Trinajstić information content (AvgIpc) is 2.47. The van der Waals surface area contributed by atoms with E-state index in [0.29, 0.717) is 6.61 Å². The van der Waals surface area contributed by atoms with Crippen LogP contribution < -0.4 is 10.1 Å². The van der Waals surface area contributed by atoms with Gasteiger partial charge in [-0.15, -0.1) is 0 Å². The van der Waals surface area contributed by atoms with E-state index in [1.165, 1.54) is 5.56 Å². The van der Waals surface area contributed by atoms with Gasteiger partial charge < -0.3 is 10.1 Å². The number of rotatable bonds is 6. The molecule has 1 N–H and O–H groups in total. The predicted octanol–water partition coefficient (Wildman–Crippen LogP) is 3.75. The van der Waals surface area contributed by atoms with Crippen LogP contribution in [-0.2, 0) is 6.42 Å². The summed E-state index contributed by atoms with van der Waals surface area (Å²) < 4.78 is 6.61. The lowest BCUT2D eigenvalue weighted by molar-refractivity contribution is 0.338. The van der Waals surface area contributed by atoms with Crippen LogP contribution >= 0.6 is 15.9 Å². The van der Waals surface area contributed by atoms with Gasteiger partial charge in [-0.25, -0.2) is 0 Å². The van der Waals surface area contributed by atoms with Crippen molar-refractivity contribution < 1.29 is 4.74 Å². The number of pyridine rings is 1. The van der Waals surface area contributed by atoms with Gasteiger partial charge in [0.25, 0.3) is 0 Å². The third-order valence-corrected chi connectivity index (χ3v) is 3.68. The van der Waals surface area contributed by atoms with Gasteiger partial charge in [-0.05, 0) is 49.7 Å². The summed E-state index contributed by atoms with van der Waals surface area (Å²) in [5.41, 5.74) is 2.43. The van der Waals surface area contributed by atoms with Crippen LogP contribution in [0, 0.1) is 0 Å². The molecular formula is C16H19BrN2O. The smallest absolute Gasteiger partial charge is 0.137 e. The van der Waals surface area contributed by atoms with Gasteiger partial charge in [-0.3, -0.25) is 4.98 Å². The minimum atomic E-state index is 0.226. The van der Waals surface area contributed by atoms with E-state index in [2.05, 4.69) is 56.6 Å². The summed E-state index contributed by atoms with van der Waals surface area (Å²) in [6, 6.07) is 10.7. The average molecular weight is 335 g/mol. The molecule has 3 nitrogen and oxygen atoms in total. The van der Waals surface area contributed by atoms with E-state index in [9.17, 15) is 0 Å². The summed E-state index contributed by atoms with van der Waals surface area (Å²) >= 11 is 3.46. The molecule has 0 amide bonds. The molecule has 2 rings (SSSR count). The number of hydrogen-bond donors (Lipinski definition) is 1. The molecule has 1 heterocycles. The van der Waals surface area contributed by atoms with Gasteiger partial charge in [0.2, 0.25) is 0 Å². The molecule has 1 atom stereocenters. The highest BCUT2D eigenvalue weighted by molar-refractivity contribution is 9.10. The highest BCUT2D eigenvalue weighted by Crippen LogP contribution is 2.22. The van der Waals surface area contributed by atoms with Crippen molar-refractivity contribution in [1.82, 2.24) is 10.3 Å². The third kappa shape index (κ3) is 4.05. The second-order valence-corrected chi connectivity index (χ2v) is 5.47. The molecule has 0 aliphatic heterocycles. The number of aromatic nitrogens is 1. The second-order valence-electron chi connectivity index (χ2n) is 4.56. The first-order chi connectivity index (χ1) is 9.72. The second kappa shape index (κ2) is 7.41. The van der Waals surface area contributed by atoms with Crippen LogP contribution in [0.4, 0.5) is 0 Å². The molecule has 106 valence electrons. The fourth-order valence-electron chi connectivity index (χ4n) is 2.11. The first-order valence-corrected chi connectivity index (χ1v) is 7.51. The predicted molar refractivity (Wildman–Crippen MR) is 85.1 cm³/mol. The minimum Gasteiger partial charge on any atom is -0.492 e. The molecule has 0 aliphatic rings. The number of nitrogens with zero attached hydrogens (tertiary/aromatic N) is 1. The molecule has 0 saturated heterocycles. The highest BCUT2D eigenvalue weighted by atomic mass is 79.9. The summed E-state index contributed by atoms with van der Waals surface area (Å²) in [4.78, 5) is 4.26. The summed E-state index contributed by atoms with van der Waals surface area (Å²) in [7, 11) is 1.97. The molecule has 1 aromatic heterocycles. The van der Waals surface area contributed by atoms with E-state index in [0.717, 1.165) is 22.2 Å². The Morgan fingerprint density at radius 1 is 1.25 bits per heavy atom. The van der Waals surface area contributed by atoms with Crippen LogP contribution in [0.2, 0.25) is 0 Å². The van der Waals surface area contributed by atoms with Crippen LogP contribution in [0.3, 0.4) is 0 Å². The van der Waals surface area contributed by atoms with Crippen LogP contribution in [-0.4, -0.2) is 18.6 Å². The SMILES string of the molecule is CCOc1cncc(C(Cc2ccc(Br)cc2)NC)c1. The van der Waals surface area contributed by atoms with Crippen LogP contribution in [0.25, 0.3) is 0 Å². The summed E-state index contributed by atoms with van der Waals surface area (Å²) in [6.07, 6.45) is 4.56. The number of benzene rings is 1. The Morgan fingerprint density at radius 3 is 2.65 bits per heavy atom. The minimum absolute atomic E-state index is 0.226. The zero-order valence-corrected chi connectivity index (χ0v) is 13.4. The van der Waals surface area contributed by atoms with E-state index >= 15 is 0 Å². The Hall–Kier alpha value is -1.39. The molecule has 4 heteroatoms. The first-order valence-electron chi connectivity index (χ1n) is 6.72. The van der Waals surface area contributed by atoms with Crippen molar-refractivity contribution in [2.45, 2.75) is 19.4 Å². The van der Waals surface area contributed by atoms with Gasteiger partial charge in [-0.1, -0.05) is 28.1 Å². The number of halogens is 1. The van der Waals surface area contributed by atoms with Gasteiger partial charge in [0, 0.05) is 16.7 Å². The number of likely N-dealkylation sites (N-methyl/N-ethyl adjacent to an activating group) is 1. The zero-order valence-electron chi connectivity index (χ0n) is 11.8. The van der Waals surface area contributed by atoms with Gasteiger partial charge in [-0.2, -0.15) is 0 Å². The largest absolute Gasteiger partial charge is 0.492 e. The van der Waals surface area contributed by atoms with Gasteiger partial charge >= 0.3 is 0 Å². The fourth-order valence-corrected chi connectivity index (χ4v) is 2.38. The maximum atomic E-state index is 5.51.